The van der Waals surface area contributed by atoms with Gasteiger partial charge in [0.1, 0.15) is 11.5 Å². The minimum Gasteiger partial charge on any atom is -0.396 e. The van der Waals surface area contributed by atoms with Crippen molar-refractivity contribution in [1.29, 1.82) is 0 Å². The summed E-state index contributed by atoms with van der Waals surface area (Å²) in [5, 5.41) is 18.9. The molecule has 1 saturated heterocycles. The van der Waals surface area contributed by atoms with Crippen LogP contribution in [0.4, 0.5) is 10.1 Å². The summed E-state index contributed by atoms with van der Waals surface area (Å²) in [5.74, 6) is -1.07. The largest absolute Gasteiger partial charge is 0.396 e. The molecule has 6 nitrogen and oxygen atoms in total. The number of piperidine rings is 1. The van der Waals surface area contributed by atoms with E-state index in [1.165, 1.54) is 12.1 Å². The van der Waals surface area contributed by atoms with Crippen LogP contribution in [0.3, 0.4) is 0 Å². The van der Waals surface area contributed by atoms with Crippen LogP contribution in [0.5, 0.6) is 0 Å². The molecule has 2 aliphatic rings. The van der Waals surface area contributed by atoms with Crippen LogP contribution in [0.1, 0.15) is 37.3 Å². The molecular formula is C23H25Cl2FN4O2. The maximum absolute atomic E-state index is 13.6. The van der Waals surface area contributed by atoms with E-state index in [0.29, 0.717) is 27.9 Å². The highest BCUT2D eigenvalue weighted by atomic mass is 35.5. The predicted octanol–water partition coefficient (Wildman–Crippen LogP) is 4.57. The van der Waals surface area contributed by atoms with Crippen LogP contribution in [0.25, 0.3) is 0 Å². The van der Waals surface area contributed by atoms with Crippen LogP contribution in [0, 0.1) is 11.7 Å². The summed E-state index contributed by atoms with van der Waals surface area (Å²) in [6.45, 7) is 1.45. The van der Waals surface area contributed by atoms with Crippen molar-refractivity contribution in [1.82, 2.24) is 10.4 Å². The van der Waals surface area contributed by atoms with Crippen molar-refractivity contribution in [2.24, 2.45) is 11.0 Å². The first-order chi connectivity index (χ1) is 15.5. The zero-order valence-corrected chi connectivity index (χ0v) is 19.0. The highest BCUT2D eigenvalue weighted by Gasteiger charge is 2.42. The topological polar surface area (TPSA) is 68.2 Å². The molecule has 1 fully saturated rings. The summed E-state index contributed by atoms with van der Waals surface area (Å²) >= 11 is 12.6. The van der Waals surface area contributed by atoms with Crippen LogP contribution in [0.15, 0.2) is 47.6 Å². The number of aliphatic hydroxyl groups excluding tert-OH is 1. The fourth-order valence-corrected chi connectivity index (χ4v) is 4.83. The van der Waals surface area contributed by atoms with Gasteiger partial charge in [-0.3, -0.25) is 15.2 Å². The molecule has 0 saturated carbocycles. The summed E-state index contributed by atoms with van der Waals surface area (Å²) in [7, 11) is 0. The van der Waals surface area contributed by atoms with E-state index in [0.717, 1.165) is 37.9 Å². The van der Waals surface area contributed by atoms with Crippen molar-refractivity contribution < 1.29 is 14.3 Å². The van der Waals surface area contributed by atoms with Gasteiger partial charge in [0.05, 0.1) is 16.8 Å². The number of hydrazine groups is 1. The third kappa shape index (κ3) is 4.91. The second kappa shape index (κ2) is 10.2. The van der Waals surface area contributed by atoms with Gasteiger partial charge in [0, 0.05) is 30.6 Å². The monoisotopic (exact) mass is 478 g/mol. The molecule has 2 unspecified atom stereocenters. The molecule has 2 N–H and O–H groups in total. The molecule has 1 amide bonds. The van der Waals surface area contributed by atoms with Crippen LogP contribution < -0.4 is 10.4 Å². The number of carbonyl (C=O) groups is 1. The Morgan fingerprint density at radius 3 is 2.50 bits per heavy atom. The Morgan fingerprint density at radius 2 is 1.84 bits per heavy atom. The van der Waals surface area contributed by atoms with Crippen LogP contribution in [0.2, 0.25) is 10.0 Å². The molecule has 2 aromatic carbocycles. The first kappa shape index (κ1) is 23.0. The molecule has 0 aromatic heterocycles. The molecule has 32 heavy (non-hydrogen) atoms. The minimum absolute atomic E-state index is 0.124. The van der Waals surface area contributed by atoms with E-state index in [-0.39, 0.29) is 18.3 Å². The lowest BCUT2D eigenvalue weighted by molar-refractivity contribution is -0.120. The molecule has 4 rings (SSSR count). The molecule has 170 valence electrons. The molecule has 2 aromatic rings. The van der Waals surface area contributed by atoms with Gasteiger partial charge in [-0.25, -0.2) is 9.40 Å². The number of hydrazone groups is 1. The van der Waals surface area contributed by atoms with Gasteiger partial charge < -0.3 is 5.11 Å². The number of hydrogen-bond donors (Lipinski definition) is 2. The van der Waals surface area contributed by atoms with E-state index in [9.17, 15) is 14.3 Å². The van der Waals surface area contributed by atoms with Gasteiger partial charge in [-0.05, 0) is 55.2 Å². The van der Waals surface area contributed by atoms with E-state index in [4.69, 9.17) is 23.2 Å². The van der Waals surface area contributed by atoms with Gasteiger partial charge >= 0.3 is 0 Å². The molecule has 9 heteroatoms. The van der Waals surface area contributed by atoms with Gasteiger partial charge in [0.2, 0.25) is 0 Å². The maximum atomic E-state index is 13.6. The lowest BCUT2D eigenvalue weighted by Crippen LogP contribution is -2.48. The van der Waals surface area contributed by atoms with Crippen LogP contribution >= 0.6 is 23.2 Å². The fourth-order valence-electron chi connectivity index (χ4n) is 4.33. The fraction of sp³-hybridized carbons (Fsp3) is 0.391. The van der Waals surface area contributed by atoms with Crippen molar-refractivity contribution >= 4 is 40.5 Å². The standard InChI is InChI=1S/C23H25Cl2FN4O2/c24-16-6-9-20(19(25)14-16)30-22(15-4-7-17(26)8-5-15)18(10-13-31)21(27-30)23(32)28-29-11-2-1-3-12-29/h4-9,14,18,22,31H,1-3,10-13H2,(H,28,32). The molecule has 0 spiro atoms. The normalized spacial score (nSPS) is 21.5. The SMILES string of the molecule is O=C(NN1CCCCC1)C1=NN(c2ccc(Cl)cc2Cl)C(c2ccc(F)cc2)C1CCO. The Kier molecular flexibility index (Phi) is 7.30. The number of amides is 1. The van der Waals surface area contributed by atoms with Crippen LogP contribution in [-0.4, -0.2) is 41.4 Å². The average molecular weight is 479 g/mol. The zero-order chi connectivity index (χ0) is 22.7. The lowest BCUT2D eigenvalue weighted by atomic mass is 9.87. The van der Waals surface area contributed by atoms with Crippen LogP contribution in [-0.2, 0) is 4.79 Å². The summed E-state index contributed by atoms with van der Waals surface area (Å²) in [4.78, 5) is 13.2. The lowest BCUT2D eigenvalue weighted by Gasteiger charge is -2.29. The number of nitrogens with zero attached hydrogens (tertiary/aromatic N) is 3. The third-order valence-corrected chi connectivity index (χ3v) is 6.41. The number of halogens is 3. The number of benzene rings is 2. The Bertz CT molecular complexity index is 996. The van der Waals surface area contributed by atoms with E-state index in [2.05, 4.69) is 10.5 Å². The average Bonchev–Trinajstić information content (AvgIpc) is 3.14. The van der Waals surface area contributed by atoms with E-state index in [1.54, 1.807) is 35.3 Å². The van der Waals surface area contributed by atoms with Crippen molar-refractivity contribution in [3.05, 3.63) is 63.9 Å². The molecule has 0 bridgehead atoms. The molecular weight excluding hydrogens is 454 g/mol. The Labute approximate surface area is 196 Å². The quantitative estimate of drug-likeness (QED) is 0.638. The predicted molar refractivity (Wildman–Crippen MR) is 124 cm³/mol. The molecule has 2 aliphatic heterocycles. The Morgan fingerprint density at radius 1 is 1.12 bits per heavy atom. The zero-order valence-electron chi connectivity index (χ0n) is 17.5. The Hall–Kier alpha value is -2.19. The van der Waals surface area contributed by atoms with Gasteiger partial charge in [0.25, 0.3) is 5.91 Å². The van der Waals surface area contributed by atoms with E-state index >= 15 is 0 Å². The highest BCUT2D eigenvalue weighted by molar-refractivity contribution is 6.41. The number of hydrogen-bond acceptors (Lipinski definition) is 5. The third-order valence-electron chi connectivity index (χ3n) is 5.87. The van der Waals surface area contributed by atoms with Crippen molar-refractivity contribution in [3.63, 3.8) is 0 Å². The van der Waals surface area contributed by atoms with Gasteiger partial charge in [-0.2, -0.15) is 5.10 Å². The molecule has 2 atom stereocenters. The van der Waals surface area contributed by atoms with Gasteiger partial charge in [-0.15, -0.1) is 0 Å². The van der Waals surface area contributed by atoms with Gasteiger partial charge in [-0.1, -0.05) is 41.8 Å². The minimum atomic E-state index is -0.441. The van der Waals surface area contributed by atoms with Gasteiger partial charge in [0.15, 0.2) is 0 Å². The van der Waals surface area contributed by atoms with Crippen molar-refractivity contribution in [2.75, 3.05) is 24.7 Å². The molecule has 2 heterocycles. The summed E-state index contributed by atoms with van der Waals surface area (Å²) in [5.41, 5.74) is 4.62. The van der Waals surface area contributed by atoms with Crippen molar-refractivity contribution in [3.8, 4) is 0 Å². The number of carbonyl (C=O) groups excluding carboxylic acids is 1. The first-order valence-corrected chi connectivity index (χ1v) is 11.5. The number of rotatable bonds is 6. The summed E-state index contributed by atoms with van der Waals surface area (Å²) < 4.78 is 13.6. The number of nitrogens with one attached hydrogen (secondary N) is 1. The second-order valence-corrected chi connectivity index (χ2v) is 8.87. The smallest absolute Gasteiger partial charge is 0.282 e. The first-order valence-electron chi connectivity index (χ1n) is 10.7. The second-order valence-electron chi connectivity index (χ2n) is 8.03. The molecule has 0 aliphatic carbocycles. The summed E-state index contributed by atoms with van der Waals surface area (Å²) in [6.07, 6.45) is 3.51. The number of aliphatic hydroxyl groups is 1. The highest BCUT2D eigenvalue weighted by Crippen LogP contribution is 2.43. The van der Waals surface area contributed by atoms with Crippen molar-refractivity contribution in [2.45, 2.75) is 31.7 Å². The summed E-state index contributed by atoms with van der Waals surface area (Å²) in [6, 6.07) is 10.7. The van der Waals surface area contributed by atoms with E-state index in [1.807, 2.05) is 5.01 Å². The maximum Gasteiger partial charge on any atom is 0.282 e. The Balaban J connectivity index is 1.73. The number of anilines is 1. The molecule has 0 radical (unpaired) electrons. The van der Waals surface area contributed by atoms with E-state index < -0.39 is 12.0 Å².